The van der Waals surface area contributed by atoms with Gasteiger partial charge in [0.05, 0.1) is 13.0 Å². The Bertz CT molecular complexity index is 615. The second kappa shape index (κ2) is 6.23. The standard InChI is InChI=1S/C15H17NO4/c1-10(2)9-19-15(18)20-14(17)7-11-8-16-13-6-4-3-5-12(11)13/h3-6,8,10,16H,7,9H2,1-2H3. The van der Waals surface area contributed by atoms with Crippen molar-refractivity contribution in [1.29, 1.82) is 0 Å². The molecule has 0 fully saturated rings. The quantitative estimate of drug-likeness (QED) is 0.688. The first kappa shape index (κ1) is 14.1. The van der Waals surface area contributed by atoms with Gasteiger partial charge in [0.25, 0.3) is 0 Å². The molecule has 2 rings (SSSR count). The minimum absolute atomic E-state index is 0.0286. The van der Waals surface area contributed by atoms with Crippen LogP contribution in [0.1, 0.15) is 19.4 Å². The normalized spacial score (nSPS) is 10.8. The summed E-state index contributed by atoms with van der Waals surface area (Å²) in [7, 11) is 0. The molecule has 5 heteroatoms. The number of hydrogen-bond acceptors (Lipinski definition) is 4. The van der Waals surface area contributed by atoms with Crippen LogP contribution in [-0.2, 0) is 20.7 Å². The van der Waals surface area contributed by atoms with E-state index in [0.717, 1.165) is 16.5 Å². The largest absolute Gasteiger partial charge is 0.516 e. The van der Waals surface area contributed by atoms with Crippen molar-refractivity contribution in [3.05, 3.63) is 36.0 Å². The molecule has 5 nitrogen and oxygen atoms in total. The van der Waals surface area contributed by atoms with E-state index in [1.807, 2.05) is 38.1 Å². The Labute approximate surface area is 116 Å². The summed E-state index contributed by atoms with van der Waals surface area (Å²) in [5, 5.41) is 0.944. The molecule has 20 heavy (non-hydrogen) atoms. The molecule has 0 saturated heterocycles. The molecule has 0 bridgehead atoms. The number of benzene rings is 1. The molecule has 1 aromatic heterocycles. The van der Waals surface area contributed by atoms with Crippen LogP contribution in [-0.4, -0.2) is 23.7 Å². The third kappa shape index (κ3) is 3.60. The van der Waals surface area contributed by atoms with Gasteiger partial charge in [0.2, 0.25) is 0 Å². The second-order valence-corrected chi connectivity index (χ2v) is 4.97. The molecule has 0 atom stereocenters. The molecular weight excluding hydrogens is 258 g/mol. The first-order valence-corrected chi connectivity index (χ1v) is 6.48. The van der Waals surface area contributed by atoms with Crippen LogP contribution in [0.15, 0.2) is 30.5 Å². The van der Waals surface area contributed by atoms with Crippen LogP contribution in [0.4, 0.5) is 4.79 Å². The molecule has 0 aliphatic heterocycles. The lowest BCUT2D eigenvalue weighted by atomic mass is 10.1. The highest BCUT2D eigenvalue weighted by atomic mass is 16.7. The summed E-state index contributed by atoms with van der Waals surface area (Å²) in [6, 6.07) is 7.62. The Balaban J connectivity index is 1.93. The zero-order valence-electron chi connectivity index (χ0n) is 11.5. The Morgan fingerprint density at radius 1 is 1.25 bits per heavy atom. The first-order valence-electron chi connectivity index (χ1n) is 6.48. The molecule has 0 spiro atoms. The average molecular weight is 275 g/mol. The predicted molar refractivity (Wildman–Crippen MR) is 74.3 cm³/mol. The Morgan fingerprint density at radius 3 is 2.75 bits per heavy atom. The van der Waals surface area contributed by atoms with Crippen molar-refractivity contribution in [2.75, 3.05) is 6.61 Å². The SMILES string of the molecule is CC(C)COC(=O)OC(=O)Cc1c[nH]c2ccccc12. The van der Waals surface area contributed by atoms with E-state index in [1.54, 1.807) is 6.20 Å². The Kier molecular flexibility index (Phi) is 4.40. The van der Waals surface area contributed by atoms with Gasteiger partial charge >= 0.3 is 12.1 Å². The lowest BCUT2D eigenvalue weighted by Crippen LogP contribution is -2.17. The molecule has 0 unspecified atom stereocenters. The highest BCUT2D eigenvalue weighted by Crippen LogP contribution is 2.18. The van der Waals surface area contributed by atoms with E-state index in [4.69, 9.17) is 4.74 Å². The van der Waals surface area contributed by atoms with Gasteiger partial charge in [-0.05, 0) is 17.5 Å². The summed E-state index contributed by atoms with van der Waals surface area (Å²) in [5.74, 6) is -0.422. The van der Waals surface area contributed by atoms with Crippen molar-refractivity contribution in [1.82, 2.24) is 4.98 Å². The number of fused-ring (bicyclic) bond motifs is 1. The molecule has 106 valence electrons. The number of esters is 1. The lowest BCUT2D eigenvalue weighted by Gasteiger charge is -2.06. The summed E-state index contributed by atoms with van der Waals surface area (Å²) in [4.78, 5) is 26.0. The third-order valence-electron chi connectivity index (χ3n) is 2.74. The Morgan fingerprint density at radius 2 is 2.00 bits per heavy atom. The zero-order chi connectivity index (χ0) is 14.5. The summed E-state index contributed by atoms with van der Waals surface area (Å²) in [5.41, 5.74) is 1.74. The van der Waals surface area contributed by atoms with Gasteiger partial charge in [0, 0.05) is 17.1 Å². The molecule has 2 aromatic rings. The topological polar surface area (TPSA) is 68.4 Å². The van der Waals surface area contributed by atoms with Crippen molar-refractivity contribution in [3.63, 3.8) is 0 Å². The number of para-hydroxylation sites is 1. The number of ether oxygens (including phenoxy) is 2. The van der Waals surface area contributed by atoms with E-state index in [-0.39, 0.29) is 18.9 Å². The van der Waals surface area contributed by atoms with Crippen LogP contribution in [0.3, 0.4) is 0 Å². The fraction of sp³-hybridized carbons (Fsp3) is 0.333. The number of rotatable bonds is 4. The second-order valence-electron chi connectivity index (χ2n) is 4.97. The number of H-pyrrole nitrogens is 1. The minimum atomic E-state index is -0.941. The van der Waals surface area contributed by atoms with Crippen molar-refractivity contribution in [3.8, 4) is 0 Å². The van der Waals surface area contributed by atoms with Crippen LogP contribution in [0, 0.1) is 5.92 Å². The molecule has 1 N–H and O–H groups in total. The Hall–Kier alpha value is -2.30. The fourth-order valence-electron chi connectivity index (χ4n) is 1.83. The fourth-order valence-corrected chi connectivity index (χ4v) is 1.83. The first-order chi connectivity index (χ1) is 9.56. The summed E-state index contributed by atoms with van der Waals surface area (Å²) in [6.45, 7) is 4.04. The minimum Gasteiger partial charge on any atom is -0.434 e. The monoisotopic (exact) mass is 275 g/mol. The van der Waals surface area contributed by atoms with E-state index < -0.39 is 12.1 Å². The summed E-state index contributed by atoms with van der Waals surface area (Å²) < 4.78 is 9.40. The third-order valence-corrected chi connectivity index (χ3v) is 2.74. The lowest BCUT2D eigenvalue weighted by molar-refractivity contribution is -0.139. The maximum Gasteiger partial charge on any atom is 0.516 e. The maximum absolute atomic E-state index is 11.7. The number of carbonyl (C=O) groups excluding carboxylic acids is 2. The van der Waals surface area contributed by atoms with Crippen molar-refractivity contribution in [2.45, 2.75) is 20.3 Å². The van der Waals surface area contributed by atoms with Crippen LogP contribution in [0.25, 0.3) is 10.9 Å². The smallest absolute Gasteiger partial charge is 0.434 e. The predicted octanol–water partition coefficient (Wildman–Crippen LogP) is 3.05. The number of aromatic nitrogens is 1. The maximum atomic E-state index is 11.7. The van der Waals surface area contributed by atoms with E-state index in [9.17, 15) is 9.59 Å². The number of nitrogens with one attached hydrogen (secondary N) is 1. The summed E-state index contributed by atoms with van der Waals surface area (Å²) >= 11 is 0. The van der Waals surface area contributed by atoms with Gasteiger partial charge < -0.3 is 14.5 Å². The van der Waals surface area contributed by atoms with Gasteiger partial charge in [-0.25, -0.2) is 4.79 Å². The van der Waals surface area contributed by atoms with Gasteiger partial charge in [-0.1, -0.05) is 32.0 Å². The molecule has 0 radical (unpaired) electrons. The van der Waals surface area contributed by atoms with Crippen LogP contribution < -0.4 is 0 Å². The van der Waals surface area contributed by atoms with Crippen LogP contribution in [0.5, 0.6) is 0 Å². The molecule has 0 amide bonds. The van der Waals surface area contributed by atoms with Crippen LogP contribution in [0.2, 0.25) is 0 Å². The van der Waals surface area contributed by atoms with Gasteiger partial charge in [0.15, 0.2) is 0 Å². The van der Waals surface area contributed by atoms with E-state index in [2.05, 4.69) is 9.72 Å². The molecule has 1 heterocycles. The van der Waals surface area contributed by atoms with Crippen molar-refractivity contribution < 1.29 is 19.1 Å². The summed E-state index contributed by atoms with van der Waals surface area (Å²) in [6.07, 6.45) is 0.829. The average Bonchev–Trinajstić information content (AvgIpc) is 2.80. The zero-order valence-corrected chi connectivity index (χ0v) is 11.5. The molecule has 0 aliphatic carbocycles. The van der Waals surface area contributed by atoms with Crippen molar-refractivity contribution in [2.24, 2.45) is 5.92 Å². The molecule has 0 aliphatic rings. The number of carbonyl (C=O) groups is 2. The highest BCUT2D eigenvalue weighted by Gasteiger charge is 2.15. The highest BCUT2D eigenvalue weighted by molar-refractivity contribution is 5.89. The van der Waals surface area contributed by atoms with Gasteiger partial charge in [-0.3, -0.25) is 4.79 Å². The van der Waals surface area contributed by atoms with Gasteiger partial charge in [0.1, 0.15) is 0 Å². The van der Waals surface area contributed by atoms with Crippen LogP contribution >= 0.6 is 0 Å². The number of hydrogen-bond donors (Lipinski definition) is 1. The molecule has 0 saturated carbocycles. The van der Waals surface area contributed by atoms with Crippen molar-refractivity contribution >= 4 is 23.0 Å². The van der Waals surface area contributed by atoms with E-state index in [0.29, 0.717) is 0 Å². The van der Waals surface area contributed by atoms with E-state index in [1.165, 1.54) is 0 Å². The van der Waals surface area contributed by atoms with Gasteiger partial charge in [-0.2, -0.15) is 0 Å². The van der Waals surface area contributed by atoms with Gasteiger partial charge in [-0.15, -0.1) is 0 Å². The number of aromatic amines is 1. The molecular formula is C15H17NO4. The van der Waals surface area contributed by atoms with E-state index >= 15 is 0 Å². The molecule has 1 aromatic carbocycles.